The zero-order chi connectivity index (χ0) is 17.8. The van der Waals surface area contributed by atoms with Gasteiger partial charge in [0.25, 0.3) is 0 Å². The molecule has 3 heteroatoms. The highest BCUT2D eigenvalue weighted by molar-refractivity contribution is 5.40. The topological polar surface area (TPSA) is 60.7 Å². The van der Waals surface area contributed by atoms with Crippen LogP contribution in [0.25, 0.3) is 0 Å². The van der Waals surface area contributed by atoms with Crippen LogP contribution in [-0.2, 0) is 6.42 Å². The largest absolute Gasteiger partial charge is 0.508 e. The van der Waals surface area contributed by atoms with Gasteiger partial charge in [0.15, 0.2) is 0 Å². The molecule has 2 fully saturated rings. The van der Waals surface area contributed by atoms with Crippen molar-refractivity contribution in [3.8, 4) is 5.75 Å². The molecule has 3 aliphatic carbocycles. The lowest BCUT2D eigenvalue weighted by atomic mass is 9.55. The van der Waals surface area contributed by atoms with Crippen molar-refractivity contribution >= 4 is 0 Å². The molecule has 4 rings (SSSR count). The molecule has 0 aliphatic heterocycles. The Bertz CT molecular complexity index is 642. The fourth-order valence-electron chi connectivity index (χ4n) is 6.60. The summed E-state index contributed by atoms with van der Waals surface area (Å²) >= 11 is 0. The van der Waals surface area contributed by atoms with Crippen molar-refractivity contribution in [3.05, 3.63) is 29.3 Å². The SMILES string of the molecule is CC(CCO)C1C[C@H]2[C@@H]3CCc4cc(O)ccc4[C@H]3CC[C@]2(C)[C@@H]1O. The molecule has 0 heterocycles. The van der Waals surface area contributed by atoms with E-state index in [2.05, 4.69) is 19.9 Å². The molecule has 0 spiro atoms. The van der Waals surface area contributed by atoms with Crippen LogP contribution in [0.2, 0.25) is 0 Å². The van der Waals surface area contributed by atoms with Crippen molar-refractivity contribution < 1.29 is 15.3 Å². The highest BCUT2D eigenvalue weighted by Crippen LogP contribution is 2.63. The fourth-order valence-corrected chi connectivity index (χ4v) is 6.60. The molecule has 1 aromatic carbocycles. The molecule has 1 aromatic rings. The Balaban J connectivity index is 1.63. The number of rotatable bonds is 3. The van der Waals surface area contributed by atoms with E-state index in [9.17, 15) is 15.3 Å². The summed E-state index contributed by atoms with van der Waals surface area (Å²) in [4.78, 5) is 0. The van der Waals surface area contributed by atoms with Crippen molar-refractivity contribution in [2.75, 3.05) is 6.61 Å². The van der Waals surface area contributed by atoms with E-state index >= 15 is 0 Å². The number of aromatic hydroxyl groups is 1. The molecule has 138 valence electrons. The molecule has 3 nitrogen and oxygen atoms in total. The fraction of sp³-hybridized carbons (Fsp3) is 0.727. The third-order valence-corrected chi connectivity index (χ3v) is 8.07. The third-order valence-electron chi connectivity index (χ3n) is 8.07. The average Bonchev–Trinajstić information content (AvgIpc) is 2.86. The summed E-state index contributed by atoms with van der Waals surface area (Å²) in [6.07, 6.45) is 6.12. The van der Waals surface area contributed by atoms with E-state index in [0.717, 1.165) is 32.1 Å². The maximum Gasteiger partial charge on any atom is 0.115 e. The molecule has 2 unspecified atom stereocenters. The van der Waals surface area contributed by atoms with E-state index in [1.807, 2.05) is 12.1 Å². The minimum Gasteiger partial charge on any atom is -0.508 e. The van der Waals surface area contributed by atoms with Gasteiger partial charge in [-0.1, -0.05) is 19.9 Å². The first-order valence-corrected chi connectivity index (χ1v) is 10.1. The van der Waals surface area contributed by atoms with Crippen LogP contribution >= 0.6 is 0 Å². The lowest BCUT2D eigenvalue weighted by molar-refractivity contribution is -0.0390. The van der Waals surface area contributed by atoms with E-state index in [1.165, 1.54) is 17.5 Å². The van der Waals surface area contributed by atoms with E-state index in [1.54, 1.807) is 0 Å². The maximum atomic E-state index is 11.1. The van der Waals surface area contributed by atoms with Crippen LogP contribution in [-0.4, -0.2) is 28.0 Å². The molecule has 0 saturated heterocycles. The summed E-state index contributed by atoms with van der Waals surface area (Å²) < 4.78 is 0. The number of phenols is 1. The second-order valence-corrected chi connectivity index (χ2v) is 9.18. The summed E-state index contributed by atoms with van der Waals surface area (Å²) in [5.41, 5.74) is 2.80. The van der Waals surface area contributed by atoms with Gasteiger partial charge >= 0.3 is 0 Å². The summed E-state index contributed by atoms with van der Waals surface area (Å²) in [6, 6.07) is 5.93. The quantitative estimate of drug-likeness (QED) is 0.780. The first kappa shape index (κ1) is 17.4. The average molecular weight is 344 g/mol. The number of hydrogen-bond acceptors (Lipinski definition) is 3. The summed E-state index contributed by atoms with van der Waals surface area (Å²) in [5, 5.41) is 30.3. The molecular weight excluding hydrogens is 312 g/mol. The lowest BCUT2D eigenvalue weighted by Gasteiger charge is -2.50. The molecule has 0 bridgehead atoms. The predicted molar refractivity (Wildman–Crippen MR) is 98.5 cm³/mol. The Kier molecular flexibility index (Phi) is 4.36. The predicted octanol–water partition coefficient (Wildman–Crippen LogP) is 3.85. The van der Waals surface area contributed by atoms with Crippen LogP contribution in [0.4, 0.5) is 0 Å². The number of phenolic OH excluding ortho intramolecular Hbond substituents is 1. The minimum atomic E-state index is -0.235. The smallest absolute Gasteiger partial charge is 0.115 e. The Morgan fingerprint density at radius 1 is 1.28 bits per heavy atom. The molecule has 0 amide bonds. The van der Waals surface area contributed by atoms with Crippen molar-refractivity contribution in [2.45, 2.75) is 64.4 Å². The van der Waals surface area contributed by atoms with E-state index in [0.29, 0.717) is 35.3 Å². The van der Waals surface area contributed by atoms with Crippen LogP contribution in [0.1, 0.15) is 63.0 Å². The third kappa shape index (κ3) is 2.62. The van der Waals surface area contributed by atoms with Gasteiger partial charge in [0, 0.05) is 6.61 Å². The van der Waals surface area contributed by atoms with Gasteiger partial charge in [-0.05, 0) is 96.8 Å². The molecular formula is C22H32O3. The van der Waals surface area contributed by atoms with E-state index < -0.39 is 0 Å². The summed E-state index contributed by atoms with van der Waals surface area (Å²) in [7, 11) is 0. The van der Waals surface area contributed by atoms with Crippen LogP contribution in [0.3, 0.4) is 0 Å². The lowest BCUT2D eigenvalue weighted by Crippen LogP contribution is -2.44. The first-order chi connectivity index (χ1) is 12.0. The van der Waals surface area contributed by atoms with E-state index in [-0.39, 0.29) is 18.1 Å². The molecule has 7 atom stereocenters. The van der Waals surface area contributed by atoms with Crippen LogP contribution in [0.5, 0.6) is 5.75 Å². The Hall–Kier alpha value is -1.06. The van der Waals surface area contributed by atoms with Crippen molar-refractivity contribution in [2.24, 2.45) is 29.1 Å². The van der Waals surface area contributed by atoms with Crippen LogP contribution < -0.4 is 0 Å². The molecule has 25 heavy (non-hydrogen) atoms. The number of aryl methyl sites for hydroxylation is 1. The zero-order valence-electron chi connectivity index (χ0n) is 15.5. The zero-order valence-corrected chi connectivity index (χ0v) is 15.5. The summed E-state index contributed by atoms with van der Waals surface area (Å²) in [6.45, 7) is 4.73. The van der Waals surface area contributed by atoms with Gasteiger partial charge in [-0.3, -0.25) is 0 Å². The summed E-state index contributed by atoms with van der Waals surface area (Å²) in [5.74, 6) is 2.90. The number of hydrogen-bond donors (Lipinski definition) is 3. The normalized spacial score (nSPS) is 40.9. The van der Waals surface area contributed by atoms with Gasteiger partial charge in [0.05, 0.1) is 6.10 Å². The number of aliphatic hydroxyl groups is 2. The standard InChI is InChI=1S/C22H32O3/c1-13(8-10-23)19-12-20-18-5-3-14-11-15(24)4-6-16(14)17(18)7-9-22(20,2)21(19)25/h4,6,11,13,17-21,23-25H,3,5,7-10,12H2,1-2H3/t13?,17-,18-,19?,20+,21-,22+/m1/s1. The molecule has 3 N–H and O–H groups in total. The number of benzene rings is 1. The molecule has 2 saturated carbocycles. The van der Waals surface area contributed by atoms with Gasteiger partial charge in [0.2, 0.25) is 0 Å². The van der Waals surface area contributed by atoms with Crippen molar-refractivity contribution in [3.63, 3.8) is 0 Å². The Morgan fingerprint density at radius 2 is 2.08 bits per heavy atom. The Morgan fingerprint density at radius 3 is 2.84 bits per heavy atom. The second-order valence-electron chi connectivity index (χ2n) is 9.18. The van der Waals surface area contributed by atoms with Crippen LogP contribution in [0, 0.1) is 29.1 Å². The number of fused-ring (bicyclic) bond motifs is 5. The first-order valence-electron chi connectivity index (χ1n) is 10.1. The number of aliphatic hydroxyl groups excluding tert-OH is 2. The molecule has 0 aromatic heterocycles. The van der Waals surface area contributed by atoms with Gasteiger partial charge in [-0.2, -0.15) is 0 Å². The highest BCUT2D eigenvalue weighted by atomic mass is 16.3. The molecule has 0 radical (unpaired) electrons. The van der Waals surface area contributed by atoms with Crippen molar-refractivity contribution in [1.82, 2.24) is 0 Å². The van der Waals surface area contributed by atoms with E-state index in [4.69, 9.17) is 0 Å². The van der Waals surface area contributed by atoms with Crippen LogP contribution in [0.15, 0.2) is 18.2 Å². The van der Waals surface area contributed by atoms with Gasteiger partial charge in [-0.15, -0.1) is 0 Å². The second kappa shape index (κ2) is 6.28. The van der Waals surface area contributed by atoms with Gasteiger partial charge < -0.3 is 15.3 Å². The maximum absolute atomic E-state index is 11.1. The Labute approximate surface area is 151 Å². The monoisotopic (exact) mass is 344 g/mol. The van der Waals surface area contributed by atoms with Gasteiger partial charge in [-0.25, -0.2) is 0 Å². The molecule has 3 aliphatic rings. The van der Waals surface area contributed by atoms with Crippen molar-refractivity contribution in [1.29, 1.82) is 0 Å². The minimum absolute atomic E-state index is 0.0317. The highest BCUT2D eigenvalue weighted by Gasteiger charge is 2.58. The van der Waals surface area contributed by atoms with Gasteiger partial charge in [0.1, 0.15) is 5.75 Å².